The summed E-state index contributed by atoms with van der Waals surface area (Å²) in [7, 11) is 0. The molecule has 231 valence electrons. The van der Waals surface area contributed by atoms with Crippen LogP contribution in [0.2, 0.25) is 0 Å². The molecule has 49 heavy (non-hydrogen) atoms. The van der Waals surface area contributed by atoms with Crippen molar-refractivity contribution in [2.75, 3.05) is 0 Å². The molecule has 0 saturated carbocycles. The standard InChI is InChI=1S/C45H30N3Se/c49-42-40(33-18-8-3-9-19-33)26-13-27-41(42)36-22-12-25-39(30-36)45-47-43(37-23-10-20-34(28-37)31-14-4-1-5-15-31)46-44(48-45)38-24-11-21-35(29-38)32-16-6-2-7-17-32/h1-30H. The fourth-order valence-corrected chi connectivity index (χ4v) is 6.92. The van der Waals surface area contributed by atoms with Gasteiger partial charge in [-0.15, -0.1) is 0 Å². The van der Waals surface area contributed by atoms with Crippen LogP contribution in [0.25, 0.3) is 78.7 Å². The fraction of sp³-hybridized carbons (Fsp3) is 0. The average Bonchev–Trinajstić information content (AvgIpc) is 3.19. The maximum atomic E-state index is 5.11. The Bertz CT molecular complexity index is 2290. The molecule has 3 nitrogen and oxygen atoms in total. The molecule has 0 aliphatic carbocycles. The van der Waals surface area contributed by atoms with Crippen molar-refractivity contribution in [3.8, 4) is 78.7 Å². The number of hydrogen-bond acceptors (Lipinski definition) is 3. The Hall–Kier alpha value is -5.93. The minimum atomic E-state index is 0.623. The Labute approximate surface area is 294 Å². The van der Waals surface area contributed by atoms with Gasteiger partial charge >= 0.3 is 235 Å². The number of benzene rings is 7. The van der Waals surface area contributed by atoms with Crippen molar-refractivity contribution in [1.29, 1.82) is 0 Å². The maximum absolute atomic E-state index is 5.11. The van der Waals surface area contributed by atoms with Crippen molar-refractivity contribution in [2.45, 2.75) is 0 Å². The molecular weight excluding hydrogens is 661 g/mol. The number of hydrogen-bond donors (Lipinski definition) is 0. The summed E-state index contributed by atoms with van der Waals surface area (Å²) in [5.74, 6) is 1.88. The van der Waals surface area contributed by atoms with Crippen LogP contribution >= 0.6 is 0 Å². The van der Waals surface area contributed by atoms with Crippen LogP contribution in [0.1, 0.15) is 0 Å². The van der Waals surface area contributed by atoms with E-state index in [1.807, 2.05) is 18.2 Å². The molecule has 0 amide bonds. The van der Waals surface area contributed by atoms with Gasteiger partial charge < -0.3 is 0 Å². The molecule has 0 aliphatic rings. The summed E-state index contributed by atoms with van der Waals surface area (Å²) in [5.41, 5.74) is 11.9. The summed E-state index contributed by atoms with van der Waals surface area (Å²) in [6, 6.07) is 63.0. The summed E-state index contributed by atoms with van der Waals surface area (Å²) in [5, 5.41) is 0. The molecule has 1 radical (unpaired) electrons. The fourth-order valence-electron chi connectivity index (χ4n) is 6.14. The third-order valence-electron chi connectivity index (χ3n) is 8.62. The van der Waals surface area contributed by atoms with E-state index in [2.05, 4.69) is 180 Å². The van der Waals surface area contributed by atoms with Gasteiger partial charge in [0, 0.05) is 0 Å². The second kappa shape index (κ2) is 13.7. The van der Waals surface area contributed by atoms with Crippen molar-refractivity contribution in [3.63, 3.8) is 0 Å². The van der Waals surface area contributed by atoms with Crippen molar-refractivity contribution in [2.24, 2.45) is 0 Å². The molecule has 4 heteroatoms. The van der Waals surface area contributed by atoms with Crippen molar-refractivity contribution < 1.29 is 0 Å². The van der Waals surface area contributed by atoms with Gasteiger partial charge in [0.2, 0.25) is 0 Å². The molecule has 8 rings (SSSR count). The number of nitrogens with zero attached hydrogens (tertiary/aromatic N) is 3. The molecule has 0 atom stereocenters. The van der Waals surface area contributed by atoms with Crippen LogP contribution in [-0.4, -0.2) is 31.0 Å². The molecule has 1 aromatic heterocycles. The van der Waals surface area contributed by atoms with E-state index in [1.165, 1.54) is 11.1 Å². The van der Waals surface area contributed by atoms with Gasteiger partial charge in [-0.05, 0) is 0 Å². The van der Waals surface area contributed by atoms with E-state index in [0.29, 0.717) is 17.5 Å². The summed E-state index contributed by atoms with van der Waals surface area (Å²) in [6.45, 7) is 0. The van der Waals surface area contributed by atoms with Gasteiger partial charge in [0.05, 0.1) is 0 Å². The molecule has 7 aromatic carbocycles. The first-order valence-electron chi connectivity index (χ1n) is 16.2. The van der Waals surface area contributed by atoms with Crippen LogP contribution in [0.15, 0.2) is 182 Å². The number of aromatic nitrogens is 3. The SMILES string of the molecule is [Se]c1c(-c2ccccc2)cccc1-c1cccc(-c2nc(-c3cccc(-c4ccccc4)c3)nc(-c3cccc(-c4ccccc4)c3)n2)c1. The van der Waals surface area contributed by atoms with Crippen LogP contribution in [0.3, 0.4) is 0 Å². The second-order valence-corrected chi connectivity index (χ2v) is 12.7. The summed E-state index contributed by atoms with van der Waals surface area (Å²) in [4.78, 5) is 15.3. The monoisotopic (exact) mass is 692 g/mol. The second-order valence-electron chi connectivity index (χ2n) is 11.8. The summed E-state index contributed by atoms with van der Waals surface area (Å²) >= 11 is 3.35. The quantitative estimate of drug-likeness (QED) is 0.156. The predicted molar refractivity (Wildman–Crippen MR) is 203 cm³/mol. The van der Waals surface area contributed by atoms with Crippen LogP contribution in [0.4, 0.5) is 0 Å². The Balaban J connectivity index is 1.26. The summed E-state index contributed by atoms with van der Waals surface area (Å²) in [6.07, 6.45) is 0. The molecular formula is C45H30N3Se. The molecule has 0 saturated heterocycles. The zero-order chi connectivity index (χ0) is 33.0. The predicted octanol–water partition coefficient (Wildman–Crippen LogP) is 10.3. The van der Waals surface area contributed by atoms with E-state index in [4.69, 9.17) is 15.0 Å². The van der Waals surface area contributed by atoms with Gasteiger partial charge in [0.25, 0.3) is 0 Å². The Morgan fingerprint density at radius 1 is 0.265 bits per heavy atom. The van der Waals surface area contributed by atoms with Crippen LogP contribution < -0.4 is 4.46 Å². The third kappa shape index (κ3) is 6.48. The van der Waals surface area contributed by atoms with E-state index in [9.17, 15) is 0 Å². The normalized spacial score (nSPS) is 10.9. The Kier molecular flexibility index (Phi) is 8.48. The van der Waals surface area contributed by atoms with Crippen molar-refractivity contribution in [3.05, 3.63) is 182 Å². The summed E-state index contributed by atoms with van der Waals surface area (Å²) < 4.78 is 1.11. The molecule has 0 fully saturated rings. The van der Waals surface area contributed by atoms with E-state index in [1.54, 1.807) is 0 Å². The molecule has 8 aromatic rings. The van der Waals surface area contributed by atoms with Crippen LogP contribution in [0.5, 0.6) is 0 Å². The first-order chi connectivity index (χ1) is 24.2. The molecule has 0 N–H and O–H groups in total. The average molecular weight is 692 g/mol. The van der Waals surface area contributed by atoms with Gasteiger partial charge in [0.15, 0.2) is 0 Å². The topological polar surface area (TPSA) is 38.7 Å². The molecule has 0 bridgehead atoms. The molecule has 0 spiro atoms. The Morgan fingerprint density at radius 2 is 0.571 bits per heavy atom. The van der Waals surface area contributed by atoms with Crippen molar-refractivity contribution >= 4 is 20.5 Å². The van der Waals surface area contributed by atoms with Gasteiger partial charge in [-0.3, -0.25) is 0 Å². The van der Waals surface area contributed by atoms with E-state index in [-0.39, 0.29) is 0 Å². The van der Waals surface area contributed by atoms with Gasteiger partial charge in [0.1, 0.15) is 0 Å². The van der Waals surface area contributed by atoms with E-state index < -0.39 is 0 Å². The van der Waals surface area contributed by atoms with Crippen LogP contribution in [0, 0.1) is 0 Å². The molecule has 0 aliphatic heterocycles. The first-order valence-corrected chi connectivity index (χ1v) is 17.1. The van der Waals surface area contributed by atoms with E-state index in [0.717, 1.165) is 54.5 Å². The zero-order valence-electron chi connectivity index (χ0n) is 26.6. The zero-order valence-corrected chi connectivity index (χ0v) is 28.3. The third-order valence-corrected chi connectivity index (χ3v) is 9.55. The van der Waals surface area contributed by atoms with Crippen LogP contribution in [-0.2, 0) is 0 Å². The number of rotatable bonds is 7. The minimum absolute atomic E-state index is 0.623. The first kappa shape index (κ1) is 30.4. The molecule has 0 unspecified atom stereocenters. The van der Waals surface area contributed by atoms with Crippen molar-refractivity contribution in [1.82, 2.24) is 15.0 Å². The molecule has 1 heterocycles. The van der Waals surface area contributed by atoms with Gasteiger partial charge in [-0.1, -0.05) is 60.7 Å². The Morgan fingerprint density at radius 3 is 1.02 bits per heavy atom. The van der Waals surface area contributed by atoms with Gasteiger partial charge in [-0.2, -0.15) is 0 Å². The van der Waals surface area contributed by atoms with E-state index >= 15 is 0 Å². The van der Waals surface area contributed by atoms with Gasteiger partial charge in [-0.25, -0.2) is 0 Å².